The number of rotatable bonds is 9. The fourth-order valence-corrected chi connectivity index (χ4v) is 7.59. The zero-order chi connectivity index (χ0) is 35.0. The van der Waals surface area contributed by atoms with Crippen molar-refractivity contribution in [3.05, 3.63) is 70.6 Å². The molecule has 0 bridgehead atoms. The first kappa shape index (κ1) is 35.6. The molecule has 2 saturated heterocycles. The number of fused-ring (bicyclic) bond motifs is 1. The molecule has 2 aromatic carbocycles. The first-order chi connectivity index (χ1) is 22.5. The summed E-state index contributed by atoms with van der Waals surface area (Å²) in [6.07, 6.45) is 0.644. The molecule has 16 heteroatoms. The fraction of sp³-hybridized carbons (Fsp3) is 0.438. The summed E-state index contributed by atoms with van der Waals surface area (Å²) in [5, 5.41) is 5.55. The molecule has 4 N–H and O–H groups in total. The van der Waals surface area contributed by atoms with E-state index in [1.807, 2.05) is 30.3 Å². The molecular formula is C32H37F2N4O8PS. The molecule has 2 fully saturated rings. The van der Waals surface area contributed by atoms with E-state index in [0.29, 0.717) is 37.2 Å². The van der Waals surface area contributed by atoms with E-state index in [0.717, 1.165) is 29.0 Å². The molecule has 2 aliphatic heterocycles. The summed E-state index contributed by atoms with van der Waals surface area (Å²) < 4.78 is 46.4. The molecule has 3 heterocycles. The van der Waals surface area contributed by atoms with Crippen LogP contribution in [0.5, 0.6) is 0 Å². The predicted molar refractivity (Wildman–Crippen MR) is 173 cm³/mol. The molecule has 48 heavy (non-hydrogen) atoms. The molecule has 258 valence electrons. The Labute approximate surface area is 279 Å². The maximum Gasteiger partial charge on any atom is 0.399 e. The quantitative estimate of drug-likeness (QED) is 0.245. The Hall–Kier alpha value is -3.75. The number of halogens is 2. The number of hydrogen-bond acceptors (Lipinski definition) is 7. The van der Waals surface area contributed by atoms with Crippen molar-refractivity contribution in [2.75, 3.05) is 26.2 Å². The van der Waals surface area contributed by atoms with Gasteiger partial charge in [0.05, 0.1) is 23.6 Å². The Bertz CT molecular complexity index is 1760. The summed E-state index contributed by atoms with van der Waals surface area (Å²) in [6, 6.07) is 11.7. The molecule has 12 nitrogen and oxygen atoms in total. The molecule has 0 aliphatic carbocycles. The highest BCUT2D eigenvalue weighted by Gasteiger charge is 2.50. The molecule has 1 aromatic heterocycles. The van der Waals surface area contributed by atoms with Gasteiger partial charge in [0.15, 0.2) is 0 Å². The zero-order valence-electron chi connectivity index (χ0n) is 26.5. The van der Waals surface area contributed by atoms with Crippen LogP contribution in [0.1, 0.15) is 60.5 Å². The van der Waals surface area contributed by atoms with Crippen LogP contribution in [0.25, 0.3) is 10.1 Å². The minimum Gasteiger partial charge on any atom is -0.370 e. The van der Waals surface area contributed by atoms with Gasteiger partial charge in [0, 0.05) is 30.3 Å². The number of likely N-dealkylation sites (tertiary alicyclic amines) is 1. The van der Waals surface area contributed by atoms with Crippen LogP contribution in [0, 0.1) is 0 Å². The number of alkyl halides is 2. The van der Waals surface area contributed by atoms with Gasteiger partial charge in [-0.2, -0.15) is 8.78 Å². The van der Waals surface area contributed by atoms with Crippen molar-refractivity contribution >= 4 is 52.6 Å². The number of hydrogen-bond donors (Lipinski definition) is 4. The third-order valence-corrected chi connectivity index (χ3v) is 10.7. The van der Waals surface area contributed by atoms with Gasteiger partial charge < -0.3 is 35.0 Å². The van der Waals surface area contributed by atoms with Crippen LogP contribution in [0.3, 0.4) is 0 Å². The van der Waals surface area contributed by atoms with E-state index in [9.17, 15) is 32.5 Å². The highest BCUT2D eigenvalue weighted by Crippen LogP contribution is 2.59. The lowest BCUT2D eigenvalue weighted by molar-refractivity contribution is -0.150. The van der Waals surface area contributed by atoms with Crippen molar-refractivity contribution in [1.82, 2.24) is 20.4 Å². The van der Waals surface area contributed by atoms with Gasteiger partial charge in [-0.3, -0.25) is 23.7 Å². The summed E-state index contributed by atoms with van der Waals surface area (Å²) in [4.78, 5) is 75.3. The van der Waals surface area contributed by atoms with Crippen molar-refractivity contribution < 1.29 is 47.0 Å². The van der Waals surface area contributed by atoms with Crippen LogP contribution in [0.4, 0.5) is 8.78 Å². The lowest BCUT2D eigenvalue weighted by atomic mass is 9.92. The summed E-state index contributed by atoms with van der Waals surface area (Å²) in [6.45, 7) is 5.65. The van der Waals surface area contributed by atoms with Crippen LogP contribution >= 0.6 is 18.9 Å². The molecule has 0 saturated carbocycles. The molecule has 0 radical (unpaired) electrons. The second kappa shape index (κ2) is 13.6. The molecule has 4 amide bonds. The minimum atomic E-state index is -5.81. The number of thiophene rings is 1. The molecule has 0 unspecified atom stereocenters. The van der Waals surface area contributed by atoms with E-state index < -0.39 is 54.2 Å². The number of carbonyl (C=O) groups is 4. The smallest absolute Gasteiger partial charge is 0.370 e. The average Bonchev–Trinajstić information content (AvgIpc) is 3.70. The number of nitrogens with zero attached hydrogens (tertiary/aromatic N) is 2. The second-order valence-electron chi connectivity index (χ2n) is 12.5. The van der Waals surface area contributed by atoms with Gasteiger partial charge in [-0.25, -0.2) is 0 Å². The van der Waals surface area contributed by atoms with Crippen molar-refractivity contribution in [2.45, 2.75) is 63.0 Å². The SMILES string of the molecule is CC(=O)NC(C)(C)[C@H](NC(=O)c1cc2cc(C(F)(F)P(=O)(O)O)ccc2s1)C(=O)N1CCC[C@H]1C(=O)N1CCO[C@H](c2ccccc2)C1. The van der Waals surface area contributed by atoms with Gasteiger partial charge in [0.1, 0.15) is 18.2 Å². The van der Waals surface area contributed by atoms with Crippen LogP contribution in [0.15, 0.2) is 54.6 Å². The second-order valence-corrected chi connectivity index (χ2v) is 15.2. The Morgan fingerprint density at radius 2 is 1.77 bits per heavy atom. The van der Waals surface area contributed by atoms with E-state index in [4.69, 9.17) is 14.5 Å². The summed E-state index contributed by atoms with van der Waals surface area (Å²) in [7, 11) is -5.81. The van der Waals surface area contributed by atoms with Crippen LogP contribution in [-0.4, -0.2) is 87.1 Å². The van der Waals surface area contributed by atoms with Crippen molar-refractivity contribution in [1.29, 1.82) is 0 Å². The fourth-order valence-electron chi connectivity index (χ4n) is 6.17. The summed E-state index contributed by atoms with van der Waals surface area (Å²) in [5.74, 6) is -2.01. The van der Waals surface area contributed by atoms with Gasteiger partial charge in [-0.1, -0.05) is 36.4 Å². The van der Waals surface area contributed by atoms with Gasteiger partial charge in [-0.05, 0) is 55.8 Å². The first-order valence-electron chi connectivity index (χ1n) is 15.3. The lowest BCUT2D eigenvalue weighted by Gasteiger charge is -2.40. The molecule has 3 atom stereocenters. The van der Waals surface area contributed by atoms with Crippen LogP contribution in [0.2, 0.25) is 0 Å². The maximum absolute atomic E-state index is 14.4. The molecule has 3 aromatic rings. The Morgan fingerprint density at radius 1 is 1.06 bits per heavy atom. The van der Waals surface area contributed by atoms with E-state index in [1.54, 1.807) is 18.7 Å². The van der Waals surface area contributed by atoms with Gasteiger partial charge in [0.2, 0.25) is 17.7 Å². The Balaban J connectivity index is 1.38. The topological polar surface area (TPSA) is 166 Å². The van der Waals surface area contributed by atoms with Crippen LogP contribution < -0.4 is 10.6 Å². The normalized spacial score (nSPS) is 19.6. The van der Waals surface area contributed by atoms with Gasteiger partial charge in [0.25, 0.3) is 5.91 Å². The lowest BCUT2D eigenvalue weighted by Crippen LogP contribution is -2.65. The largest absolute Gasteiger partial charge is 0.399 e. The Kier molecular flexibility index (Phi) is 10.1. The number of benzene rings is 2. The molecule has 2 aliphatic rings. The number of morpholine rings is 1. The van der Waals surface area contributed by atoms with E-state index in [1.165, 1.54) is 24.0 Å². The minimum absolute atomic E-state index is 0.0346. The van der Waals surface area contributed by atoms with Gasteiger partial charge in [-0.15, -0.1) is 11.3 Å². The predicted octanol–water partition coefficient (Wildman–Crippen LogP) is 3.73. The summed E-state index contributed by atoms with van der Waals surface area (Å²) >= 11 is 0.929. The highest BCUT2D eigenvalue weighted by molar-refractivity contribution is 7.52. The summed E-state index contributed by atoms with van der Waals surface area (Å²) in [5.41, 5.74) is -5.73. The highest BCUT2D eigenvalue weighted by atomic mass is 32.1. The average molecular weight is 707 g/mol. The van der Waals surface area contributed by atoms with Crippen molar-refractivity contribution in [3.63, 3.8) is 0 Å². The number of carbonyl (C=O) groups excluding carboxylic acids is 4. The third-order valence-electron chi connectivity index (χ3n) is 8.57. The van der Waals surface area contributed by atoms with Crippen molar-refractivity contribution in [3.8, 4) is 0 Å². The van der Waals surface area contributed by atoms with E-state index >= 15 is 0 Å². The molecular weight excluding hydrogens is 669 g/mol. The number of nitrogens with one attached hydrogen (secondary N) is 2. The first-order valence-corrected chi connectivity index (χ1v) is 17.8. The third kappa shape index (κ3) is 7.30. The van der Waals surface area contributed by atoms with Crippen molar-refractivity contribution in [2.24, 2.45) is 0 Å². The zero-order valence-corrected chi connectivity index (χ0v) is 28.2. The molecule has 0 spiro atoms. The maximum atomic E-state index is 14.4. The van der Waals surface area contributed by atoms with Crippen LogP contribution in [-0.2, 0) is 29.3 Å². The van der Waals surface area contributed by atoms with E-state index in [2.05, 4.69) is 10.6 Å². The number of ether oxygens (including phenoxy) is 1. The van der Waals surface area contributed by atoms with Gasteiger partial charge >= 0.3 is 13.3 Å². The standard InChI is InChI=1S/C32H37F2N4O8PS/c1-19(39)36-31(2,3)27(35-28(40)26-17-21-16-22(11-12-25(21)48-26)32(33,34)47(43,44)45)30(42)38-13-7-10-23(38)29(41)37-14-15-46-24(18-37)20-8-5-4-6-9-20/h4-6,8-9,11-12,16-17,23-24,27H,7,10,13-15,18H2,1-3H3,(H,35,40)(H,36,39)(H2,43,44,45)/t23-,24-,27+/m0/s1. The van der Waals surface area contributed by atoms with E-state index in [-0.39, 0.29) is 28.8 Å². The Morgan fingerprint density at radius 3 is 2.44 bits per heavy atom. The monoisotopic (exact) mass is 706 g/mol. The molecule has 5 rings (SSSR count). The number of amides is 4.